The number of thioether (sulfide) groups is 1. The molecule has 1 heterocycles. The van der Waals surface area contributed by atoms with Crippen LogP contribution in [0, 0.1) is 0 Å². The highest BCUT2D eigenvalue weighted by molar-refractivity contribution is 7.99. The van der Waals surface area contributed by atoms with E-state index in [-0.39, 0.29) is 0 Å². The molecule has 0 N–H and O–H groups in total. The third-order valence-electron chi connectivity index (χ3n) is 3.75. The monoisotopic (exact) mass is 264 g/mol. The first-order valence-electron chi connectivity index (χ1n) is 6.90. The molecule has 18 heavy (non-hydrogen) atoms. The summed E-state index contributed by atoms with van der Waals surface area (Å²) in [6.07, 6.45) is 1.26. The van der Waals surface area contributed by atoms with Gasteiger partial charge in [0.05, 0.1) is 0 Å². The van der Waals surface area contributed by atoms with Crippen LogP contribution in [0.25, 0.3) is 0 Å². The van der Waals surface area contributed by atoms with Gasteiger partial charge in [0.25, 0.3) is 0 Å². The van der Waals surface area contributed by atoms with E-state index in [0.717, 1.165) is 6.04 Å². The SMILES string of the molecule is CCC1CN(CCSc2ccccc2)CCN1C. The van der Waals surface area contributed by atoms with Crippen LogP contribution in [-0.4, -0.2) is 54.8 Å². The molecule has 0 spiro atoms. The van der Waals surface area contributed by atoms with Crippen molar-refractivity contribution in [3.05, 3.63) is 30.3 Å². The Labute approximate surface area is 115 Å². The molecule has 0 bridgehead atoms. The number of piperazine rings is 1. The minimum absolute atomic E-state index is 0.750. The second-order valence-electron chi connectivity index (χ2n) is 5.00. The van der Waals surface area contributed by atoms with Crippen molar-refractivity contribution in [1.82, 2.24) is 9.80 Å². The van der Waals surface area contributed by atoms with Crippen LogP contribution in [0.2, 0.25) is 0 Å². The second-order valence-corrected chi connectivity index (χ2v) is 6.17. The summed E-state index contributed by atoms with van der Waals surface area (Å²) in [5.41, 5.74) is 0. The van der Waals surface area contributed by atoms with Crippen LogP contribution >= 0.6 is 11.8 Å². The summed E-state index contributed by atoms with van der Waals surface area (Å²) in [5.74, 6) is 1.20. The number of rotatable bonds is 5. The van der Waals surface area contributed by atoms with E-state index in [1.165, 1.54) is 43.2 Å². The van der Waals surface area contributed by atoms with Gasteiger partial charge in [-0.15, -0.1) is 11.8 Å². The van der Waals surface area contributed by atoms with E-state index in [2.05, 4.69) is 54.1 Å². The Morgan fingerprint density at radius 3 is 2.72 bits per heavy atom. The fourth-order valence-corrected chi connectivity index (χ4v) is 3.40. The third kappa shape index (κ3) is 4.01. The molecule has 1 aromatic carbocycles. The summed E-state index contributed by atoms with van der Waals surface area (Å²) in [4.78, 5) is 6.50. The fraction of sp³-hybridized carbons (Fsp3) is 0.600. The molecule has 1 fully saturated rings. The van der Waals surface area contributed by atoms with Crippen LogP contribution in [-0.2, 0) is 0 Å². The number of nitrogens with zero attached hydrogens (tertiary/aromatic N) is 2. The minimum Gasteiger partial charge on any atom is -0.301 e. The lowest BCUT2D eigenvalue weighted by Gasteiger charge is -2.39. The zero-order valence-electron chi connectivity index (χ0n) is 11.5. The van der Waals surface area contributed by atoms with E-state index < -0.39 is 0 Å². The summed E-state index contributed by atoms with van der Waals surface area (Å²) in [6.45, 7) is 7.19. The van der Waals surface area contributed by atoms with E-state index in [0.29, 0.717) is 0 Å². The summed E-state index contributed by atoms with van der Waals surface area (Å²) in [5, 5.41) is 0. The highest BCUT2D eigenvalue weighted by Crippen LogP contribution is 2.18. The molecule has 0 aromatic heterocycles. The Morgan fingerprint density at radius 1 is 1.22 bits per heavy atom. The smallest absolute Gasteiger partial charge is 0.0218 e. The van der Waals surface area contributed by atoms with Gasteiger partial charge in [0.15, 0.2) is 0 Å². The van der Waals surface area contributed by atoms with Crippen molar-refractivity contribution in [1.29, 1.82) is 0 Å². The van der Waals surface area contributed by atoms with Gasteiger partial charge in [0.1, 0.15) is 0 Å². The summed E-state index contributed by atoms with van der Waals surface area (Å²) in [6, 6.07) is 11.5. The molecule has 100 valence electrons. The zero-order chi connectivity index (χ0) is 12.8. The van der Waals surface area contributed by atoms with Gasteiger partial charge in [-0.05, 0) is 25.6 Å². The summed E-state index contributed by atoms with van der Waals surface area (Å²) in [7, 11) is 2.25. The van der Waals surface area contributed by atoms with Crippen molar-refractivity contribution >= 4 is 11.8 Å². The van der Waals surface area contributed by atoms with Crippen LogP contribution in [0.5, 0.6) is 0 Å². The van der Waals surface area contributed by atoms with Gasteiger partial charge < -0.3 is 4.90 Å². The molecule has 0 amide bonds. The molecule has 3 heteroatoms. The molecular formula is C15H24N2S. The van der Waals surface area contributed by atoms with Gasteiger partial charge in [0.2, 0.25) is 0 Å². The highest BCUT2D eigenvalue weighted by atomic mass is 32.2. The molecular weight excluding hydrogens is 240 g/mol. The van der Waals surface area contributed by atoms with Gasteiger partial charge in [-0.1, -0.05) is 25.1 Å². The lowest BCUT2D eigenvalue weighted by molar-refractivity contribution is 0.0981. The Balaban J connectivity index is 1.71. The lowest BCUT2D eigenvalue weighted by Crippen LogP contribution is -2.51. The maximum atomic E-state index is 2.62. The number of hydrogen-bond acceptors (Lipinski definition) is 3. The number of likely N-dealkylation sites (N-methyl/N-ethyl adjacent to an activating group) is 1. The third-order valence-corrected chi connectivity index (χ3v) is 4.74. The zero-order valence-corrected chi connectivity index (χ0v) is 12.3. The molecule has 1 aliphatic rings. The van der Waals surface area contributed by atoms with Gasteiger partial charge >= 0.3 is 0 Å². The summed E-state index contributed by atoms with van der Waals surface area (Å²) < 4.78 is 0. The molecule has 1 aliphatic heterocycles. The minimum atomic E-state index is 0.750. The van der Waals surface area contributed by atoms with E-state index in [1.54, 1.807) is 0 Å². The van der Waals surface area contributed by atoms with Gasteiger partial charge in [0, 0.05) is 42.9 Å². The van der Waals surface area contributed by atoms with Crippen molar-refractivity contribution in [2.75, 3.05) is 39.0 Å². The van der Waals surface area contributed by atoms with Gasteiger partial charge in [-0.2, -0.15) is 0 Å². The Morgan fingerprint density at radius 2 is 2.00 bits per heavy atom. The van der Waals surface area contributed by atoms with Crippen molar-refractivity contribution < 1.29 is 0 Å². The van der Waals surface area contributed by atoms with E-state index in [4.69, 9.17) is 0 Å². The molecule has 2 rings (SSSR count). The molecule has 1 atom stereocenters. The maximum absolute atomic E-state index is 2.62. The topological polar surface area (TPSA) is 6.48 Å². The molecule has 1 saturated heterocycles. The maximum Gasteiger partial charge on any atom is 0.0218 e. The summed E-state index contributed by atoms with van der Waals surface area (Å²) >= 11 is 1.97. The lowest BCUT2D eigenvalue weighted by atomic mass is 10.1. The van der Waals surface area contributed by atoms with Crippen LogP contribution in [0.1, 0.15) is 13.3 Å². The van der Waals surface area contributed by atoms with Crippen molar-refractivity contribution in [2.24, 2.45) is 0 Å². The van der Waals surface area contributed by atoms with Crippen LogP contribution < -0.4 is 0 Å². The molecule has 0 aliphatic carbocycles. The highest BCUT2D eigenvalue weighted by Gasteiger charge is 2.22. The average Bonchev–Trinajstić information content (AvgIpc) is 2.42. The van der Waals surface area contributed by atoms with Crippen molar-refractivity contribution in [3.63, 3.8) is 0 Å². The quantitative estimate of drug-likeness (QED) is 0.755. The van der Waals surface area contributed by atoms with Crippen LogP contribution in [0.15, 0.2) is 35.2 Å². The van der Waals surface area contributed by atoms with E-state index in [9.17, 15) is 0 Å². The first-order valence-corrected chi connectivity index (χ1v) is 7.88. The molecule has 0 saturated carbocycles. The predicted octanol–water partition coefficient (Wildman–Crippen LogP) is 2.80. The van der Waals surface area contributed by atoms with Crippen LogP contribution in [0.3, 0.4) is 0 Å². The predicted molar refractivity (Wildman–Crippen MR) is 80.3 cm³/mol. The average molecular weight is 264 g/mol. The molecule has 2 nitrogen and oxygen atoms in total. The number of benzene rings is 1. The molecule has 0 radical (unpaired) electrons. The first kappa shape index (κ1) is 13.9. The molecule has 1 aromatic rings. The fourth-order valence-electron chi connectivity index (χ4n) is 2.46. The van der Waals surface area contributed by atoms with Crippen molar-refractivity contribution in [3.8, 4) is 0 Å². The normalized spacial score (nSPS) is 22.2. The van der Waals surface area contributed by atoms with Crippen molar-refractivity contribution in [2.45, 2.75) is 24.3 Å². The number of hydrogen-bond donors (Lipinski definition) is 0. The van der Waals surface area contributed by atoms with E-state index in [1.807, 2.05) is 11.8 Å². The van der Waals surface area contributed by atoms with Crippen LogP contribution in [0.4, 0.5) is 0 Å². The standard InChI is InChI=1S/C15H24N2S/c1-3-14-13-17(10-9-16(14)2)11-12-18-15-7-5-4-6-8-15/h4-8,14H,3,9-13H2,1-2H3. The largest absolute Gasteiger partial charge is 0.301 e. The van der Waals surface area contributed by atoms with Gasteiger partial charge in [-0.25, -0.2) is 0 Å². The van der Waals surface area contributed by atoms with Gasteiger partial charge in [-0.3, -0.25) is 4.90 Å². The molecule has 1 unspecified atom stereocenters. The first-order chi connectivity index (χ1) is 8.79. The van der Waals surface area contributed by atoms with E-state index >= 15 is 0 Å². The Bertz CT molecular complexity index is 342. The second kappa shape index (κ2) is 7.17. The Kier molecular flexibility index (Phi) is 5.54. The Hall–Kier alpha value is -0.510.